The van der Waals surface area contributed by atoms with Gasteiger partial charge in [-0.15, -0.1) is 0 Å². The Hall–Kier alpha value is -3.86. The van der Waals surface area contributed by atoms with Crippen molar-refractivity contribution in [3.63, 3.8) is 0 Å². The predicted molar refractivity (Wildman–Crippen MR) is 114 cm³/mol. The minimum Gasteiger partial charge on any atom is -0.506 e. The molecule has 1 amide bonds. The van der Waals surface area contributed by atoms with Crippen molar-refractivity contribution in [2.24, 2.45) is 0 Å². The van der Waals surface area contributed by atoms with E-state index in [9.17, 15) is 19.8 Å². The van der Waals surface area contributed by atoms with Crippen molar-refractivity contribution >= 4 is 17.4 Å². The predicted octanol–water partition coefficient (Wildman–Crippen LogP) is 4.49. The summed E-state index contributed by atoms with van der Waals surface area (Å²) in [7, 11) is 0. The summed E-state index contributed by atoms with van der Waals surface area (Å²) in [4.78, 5) is 27.4. The SMILES string of the molecule is O=C(CCc1ccccc1)C1=C(O)C(=O)N(c2ccccc2O)C1c1ccccc1. The molecule has 1 aliphatic rings. The molecule has 0 radical (unpaired) electrons. The number of Topliss-reactive ketones (excluding diaryl/α,β-unsaturated/α-hetero) is 1. The number of ketones is 1. The lowest BCUT2D eigenvalue weighted by atomic mass is 9.93. The quantitative estimate of drug-likeness (QED) is 0.640. The highest BCUT2D eigenvalue weighted by Gasteiger charge is 2.44. The number of phenols is 1. The molecule has 3 aromatic rings. The average Bonchev–Trinajstić information content (AvgIpc) is 3.04. The van der Waals surface area contributed by atoms with Gasteiger partial charge in [-0.2, -0.15) is 0 Å². The molecule has 30 heavy (non-hydrogen) atoms. The Kier molecular flexibility index (Phi) is 5.35. The van der Waals surface area contributed by atoms with Crippen LogP contribution in [0.3, 0.4) is 0 Å². The number of para-hydroxylation sites is 2. The van der Waals surface area contributed by atoms with Crippen LogP contribution in [0.1, 0.15) is 23.6 Å². The molecule has 2 N–H and O–H groups in total. The van der Waals surface area contributed by atoms with Crippen molar-refractivity contribution in [3.8, 4) is 5.75 Å². The molecule has 1 unspecified atom stereocenters. The van der Waals surface area contributed by atoms with Crippen LogP contribution in [-0.4, -0.2) is 21.9 Å². The van der Waals surface area contributed by atoms with Crippen LogP contribution in [0.5, 0.6) is 5.75 Å². The van der Waals surface area contributed by atoms with E-state index < -0.39 is 17.7 Å². The highest BCUT2D eigenvalue weighted by Crippen LogP contribution is 2.43. The number of hydrogen-bond donors (Lipinski definition) is 2. The second-order valence-corrected chi connectivity index (χ2v) is 7.15. The van der Waals surface area contributed by atoms with Gasteiger partial charge in [-0.05, 0) is 29.7 Å². The van der Waals surface area contributed by atoms with Gasteiger partial charge >= 0.3 is 0 Å². The number of aliphatic hydroxyl groups is 1. The largest absolute Gasteiger partial charge is 0.506 e. The van der Waals surface area contributed by atoms with Crippen molar-refractivity contribution in [1.29, 1.82) is 0 Å². The van der Waals surface area contributed by atoms with Crippen LogP contribution >= 0.6 is 0 Å². The lowest BCUT2D eigenvalue weighted by Gasteiger charge is -2.27. The molecule has 1 atom stereocenters. The van der Waals surface area contributed by atoms with Gasteiger partial charge in [-0.25, -0.2) is 0 Å². The Morgan fingerprint density at radius 2 is 1.43 bits per heavy atom. The zero-order valence-corrected chi connectivity index (χ0v) is 16.2. The summed E-state index contributed by atoms with van der Waals surface area (Å²) in [6.07, 6.45) is 0.664. The topological polar surface area (TPSA) is 77.8 Å². The van der Waals surface area contributed by atoms with Gasteiger partial charge in [0.05, 0.1) is 17.3 Å². The number of anilines is 1. The number of benzene rings is 3. The molecule has 0 aromatic heterocycles. The van der Waals surface area contributed by atoms with Gasteiger partial charge in [0.2, 0.25) is 0 Å². The van der Waals surface area contributed by atoms with E-state index in [4.69, 9.17) is 0 Å². The van der Waals surface area contributed by atoms with Gasteiger partial charge < -0.3 is 10.2 Å². The number of carbonyl (C=O) groups excluding carboxylic acids is 2. The number of amides is 1. The first-order valence-electron chi connectivity index (χ1n) is 9.74. The minimum absolute atomic E-state index is 0.0605. The molecule has 5 heteroatoms. The highest BCUT2D eigenvalue weighted by atomic mass is 16.3. The standard InChI is InChI=1S/C25H21NO4/c27-20-14-8-7-13-19(20)26-23(18-11-5-2-6-12-18)22(24(29)25(26)30)21(28)16-15-17-9-3-1-4-10-17/h1-14,23,27,29H,15-16H2. The third kappa shape index (κ3) is 3.57. The Balaban J connectivity index is 1.73. The highest BCUT2D eigenvalue weighted by molar-refractivity contribution is 6.17. The summed E-state index contributed by atoms with van der Waals surface area (Å²) < 4.78 is 0. The van der Waals surface area contributed by atoms with Crippen LogP contribution in [0.4, 0.5) is 5.69 Å². The Labute approximate surface area is 174 Å². The molecule has 4 rings (SSSR count). The number of nitrogens with zero attached hydrogens (tertiary/aromatic N) is 1. The second kappa shape index (κ2) is 8.25. The fraction of sp³-hybridized carbons (Fsp3) is 0.120. The van der Waals surface area contributed by atoms with Gasteiger partial charge in [0.25, 0.3) is 5.91 Å². The Bertz CT molecular complexity index is 1110. The molecule has 0 aliphatic carbocycles. The van der Waals surface area contributed by atoms with Crippen LogP contribution in [0.15, 0.2) is 96.3 Å². The molecular weight excluding hydrogens is 378 g/mol. The van der Waals surface area contributed by atoms with Crippen LogP contribution in [0, 0.1) is 0 Å². The van der Waals surface area contributed by atoms with Gasteiger partial charge in [0, 0.05) is 6.42 Å². The van der Waals surface area contributed by atoms with Gasteiger partial charge in [0.1, 0.15) is 5.75 Å². The number of rotatable bonds is 6. The van der Waals surface area contributed by atoms with Gasteiger partial charge in [-0.1, -0.05) is 72.8 Å². The number of aryl methyl sites for hydroxylation is 1. The van der Waals surface area contributed by atoms with Gasteiger partial charge in [-0.3, -0.25) is 14.5 Å². The van der Waals surface area contributed by atoms with Crippen molar-refractivity contribution in [2.75, 3.05) is 4.90 Å². The maximum absolute atomic E-state index is 13.2. The molecule has 5 nitrogen and oxygen atoms in total. The van der Waals surface area contributed by atoms with E-state index in [1.165, 1.54) is 11.0 Å². The lowest BCUT2D eigenvalue weighted by molar-refractivity contribution is -0.118. The average molecular weight is 399 g/mol. The van der Waals surface area contributed by atoms with Crippen molar-refractivity contribution in [1.82, 2.24) is 0 Å². The van der Waals surface area contributed by atoms with E-state index in [0.717, 1.165) is 5.56 Å². The zero-order chi connectivity index (χ0) is 21.1. The van der Waals surface area contributed by atoms with E-state index in [1.54, 1.807) is 30.3 Å². The summed E-state index contributed by atoms with van der Waals surface area (Å²) in [6.45, 7) is 0. The first-order valence-corrected chi connectivity index (χ1v) is 9.74. The Morgan fingerprint density at radius 1 is 0.833 bits per heavy atom. The molecular formula is C25H21NO4. The minimum atomic E-state index is -0.810. The molecule has 1 aliphatic heterocycles. The molecule has 1 heterocycles. The van der Waals surface area contributed by atoms with E-state index in [0.29, 0.717) is 12.0 Å². The molecule has 0 saturated carbocycles. The molecule has 0 fully saturated rings. The van der Waals surface area contributed by atoms with Crippen molar-refractivity contribution < 1.29 is 19.8 Å². The smallest absolute Gasteiger partial charge is 0.294 e. The summed E-state index contributed by atoms with van der Waals surface area (Å²) >= 11 is 0. The molecule has 0 spiro atoms. The second-order valence-electron chi connectivity index (χ2n) is 7.15. The van der Waals surface area contributed by atoms with E-state index >= 15 is 0 Å². The van der Waals surface area contributed by atoms with Gasteiger partial charge in [0.15, 0.2) is 11.5 Å². The maximum atomic E-state index is 13.2. The zero-order valence-electron chi connectivity index (χ0n) is 16.2. The third-order valence-corrected chi connectivity index (χ3v) is 5.25. The summed E-state index contributed by atoms with van der Waals surface area (Å²) in [5.74, 6) is -1.66. The van der Waals surface area contributed by atoms with Crippen molar-refractivity contribution in [2.45, 2.75) is 18.9 Å². The summed E-state index contributed by atoms with van der Waals surface area (Å²) in [5, 5.41) is 21.0. The van der Waals surface area contributed by atoms with Crippen LogP contribution in [0.25, 0.3) is 0 Å². The first-order chi connectivity index (χ1) is 14.6. The molecule has 0 saturated heterocycles. The number of hydrogen-bond acceptors (Lipinski definition) is 4. The summed E-state index contributed by atoms with van der Waals surface area (Å²) in [6, 6.07) is 24.2. The Morgan fingerprint density at radius 3 is 2.10 bits per heavy atom. The number of aromatic hydroxyl groups is 1. The van der Waals surface area contributed by atoms with Crippen LogP contribution < -0.4 is 4.90 Å². The van der Waals surface area contributed by atoms with Crippen molar-refractivity contribution in [3.05, 3.63) is 107 Å². The maximum Gasteiger partial charge on any atom is 0.294 e. The van der Waals surface area contributed by atoms with Crippen LogP contribution in [-0.2, 0) is 16.0 Å². The normalized spacial score (nSPS) is 16.2. The number of carbonyl (C=O) groups is 2. The van der Waals surface area contributed by atoms with E-state index in [2.05, 4.69) is 0 Å². The fourth-order valence-electron chi connectivity index (χ4n) is 3.79. The monoisotopic (exact) mass is 399 g/mol. The van der Waals surface area contributed by atoms with E-state index in [1.807, 2.05) is 48.5 Å². The third-order valence-electron chi connectivity index (χ3n) is 5.25. The lowest BCUT2D eigenvalue weighted by Crippen LogP contribution is -2.31. The van der Waals surface area contributed by atoms with Crippen LogP contribution in [0.2, 0.25) is 0 Å². The molecule has 150 valence electrons. The fourth-order valence-corrected chi connectivity index (χ4v) is 3.79. The first kappa shape index (κ1) is 19.5. The summed E-state index contributed by atoms with van der Waals surface area (Å²) in [5.41, 5.74) is 1.99. The number of aliphatic hydroxyl groups excluding tert-OH is 1. The molecule has 3 aromatic carbocycles. The number of phenolic OH excluding ortho intramolecular Hbond substituents is 1. The molecule has 0 bridgehead atoms. The van der Waals surface area contributed by atoms with E-state index in [-0.39, 0.29) is 29.2 Å².